The molecule has 0 heterocycles. The van der Waals surface area contributed by atoms with Gasteiger partial charge in [-0.15, -0.1) is 0 Å². The molecule has 2 N–H and O–H groups in total. The van der Waals surface area contributed by atoms with Crippen molar-refractivity contribution >= 4 is 17.5 Å². The molecule has 0 fully saturated rings. The summed E-state index contributed by atoms with van der Waals surface area (Å²) < 4.78 is 5.15. The molecule has 5 heteroatoms. The number of carbonyl (C=O) groups is 2. The van der Waals surface area contributed by atoms with Gasteiger partial charge in [0.25, 0.3) is 0 Å². The van der Waals surface area contributed by atoms with Gasteiger partial charge in [-0.1, -0.05) is 24.3 Å². The van der Waals surface area contributed by atoms with Crippen molar-refractivity contribution < 1.29 is 24.5 Å². The summed E-state index contributed by atoms with van der Waals surface area (Å²) in [7, 11) is 1.53. The monoisotopic (exact) mass is 288 g/mol. The number of allylic oxidation sites excluding steroid dienone is 2. The zero-order chi connectivity index (χ0) is 15.6. The summed E-state index contributed by atoms with van der Waals surface area (Å²) in [5, 5.41) is 18.6. The van der Waals surface area contributed by atoms with E-state index in [0.717, 1.165) is 0 Å². The second-order valence-electron chi connectivity index (χ2n) is 5.12. The molecule has 0 aliphatic heterocycles. The zero-order valence-electron chi connectivity index (χ0n) is 11.8. The Bertz CT molecular complexity index is 656. The van der Waals surface area contributed by atoms with Crippen molar-refractivity contribution in [1.29, 1.82) is 0 Å². The first-order chi connectivity index (χ1) is 9.88. The number of hydrogen-bond donors (Lipinski definition) is 2. The van der Waals surface area contributed by atoms with Crippen molar-refractivity contribution in [2.45, 2.75) is 13.3 Å². The first kappa shape index (κ1) is 14.8. The molecule has 0 saturated carbocycles. The molecule has 1 aromatic carbocycles. The van der Waals surface area contributed by atoms with E-state index in [1.165, 1.54) is 20.1 Å². The standard InChI is InChI=1S/C16H16O5/c1-16(15(19)20)9-11(14(17)18)6-7-13(16)10-4-3-5-12(8-10)21-2/h3-8H,9H2,1-2H3,(H,17,18)(H,19,20). The van der Waals surface area contributed by atoms with E-state index in [1.54, 1.807) is 30.3 Å². The number of carboxylic acid groups (broad SMARTS) is 2. The van der Waals surface area contributed by atoms with Crippen molar-refractivity contribution in [3.05, 3.63) is 47.6 Å². The molecular formula is C16H16O5. The van der Waals surface area contributed by atoms with Gasteiger partial charge in [0, 0.05) is 5.57 Å². The quantitative estimate of drug-likeness (QED) is 0.889. The molecular weight excluding hydrogens is 272 g/mol. The van der Waals surface area contributed by atoms with Crippen LogP contribution in [0.2, 0.25) is 0 Å². The van der Waals surface area contributed by atoms with Gasteiger partial charge in [0.05, 0.1) is 12.5 Å². The maximum Gasteiger partial charge on any atom is 0.331 e. The summed E-state index contributed by atoms with van der Waals surface area (Å²) in [5.74, 6) is -1.53. The van der Waals surface area contributed by atoms with Crippen LogP contribution in [0.15, 0.2) is 42.0 Å². The van der Waals surface area contributed by atoms with Crippen LogP contribution in [0.4, 0.5) is 0 Å². The zero-order valence-corrected chi connectivity index (χ0v) is 11.8. The van der Waals surface area contributed by atoms with E-state index in [-0.39, 0.29) is 12.0 Å². The summed E-state index contributed by atoms with van der Waals surface area (Å²) in [6.45, 7) is 1.54. The number of methoxy groups -OCH3 is 1. The van der Waals surface area contributed by atoms with Crippen molar-refractivity contribution in [3.8, 4) is 5.75 Å². The number of hydrogen-bond acceptors (Lipinski definition) is 3. The number of benzene rings is 1. The number of ether oxygens (including phenoxy) is 1. The van der Waals surface area contributed by atoms with Gasteiger partial charge in [0.2, 0.25) is 0 Å². The predicted octanol–water partition coefficient (Wildman–Crippen LogP) is 2.58. The maximum atomic E-state index is 11.7. The number of carboxylic acids is 2. The molecule has 0 saturated heterocycles. The first-order valence-corrected chi connectivity index (χ1v) is 6.41. The third-order valence-electron chi connectivity index (χ3n) is 3.72. The summed E-state index contributed by atoms with van der Waals surface area (Å²) in [6, 6.07) is 7.07. The fourth-order valence-corrected chi connectivity index (χ4v) is 2.45. The van der Waals surface area contributed by atoms with Crippen LogP contribution in [0.1, 0.15) is 18.9 Å². The van der Waals surface area contributed by atoms with Gasteiger partial charge in [-0.3, -0.25) is 4.79 Å². The molecule has 0 bridgehead atoms. The van der Waals surface area contributed by atoms with Crippen LogP contribution in [-0.2, 0) is 9.59 Å². The fraction of sp³-hybridized carbons (Fsp3) is 0.250. The summed E-state index contributed by atoms with van der Waals surface area (Å²) >= 11 is 0. The highest BCUT2D eigenvalue weighted by molar-refractivity contribution is 5.98. The predicted molar refractivity (Wildman–Crippen MR) is 77.0 cm³/mol. The first-order valence-electron chi connectivity index (χ1n) is 6.41. The molecule has 0 aromatic heterocycles. The van der Waals surface area contributed by atoms with E-state index in [1.807, 2.05) is 0 Å². The van der Waals surface area contributed by atoms with Crippen LogP contribution in [0.5, 0.6) is 5.75 Å². The molecule has 21 heavy (non-hydrogen) atoms. The third-order valence-corrected chi connectivity index (χ3v) is 3.72. The van der Waals surface area contributed by atoms with Gasteiger partial charge < -0.3 is 14.9 Å². The second kappa shape index (κ2) is 5.44. The molecule has 1 unspecified atom stereocenters. The Labute approximate surface area is 122 Å². The number of aliphatic carboxylic acids is 2. The molecule has 2 rings (SSSR count). The van der Waals surface area contributed by atoms with Gasteiger partial charge in [-0.2, -0.15) is 0 Å². The second-order valence-corrected chi connectivity index (χ2v) is 5.12. The lowest BCUT2D eigenvalue weighted by Crippen LogP contribution is -2.32. The molecule has 1 aliphatic rings. The Hall–Kier alpha value is -2.56. The average molecular weight is 288 g/mol. The Morgan fingerprint density at radius 1 is 1.24 bits per heavy atom. The largest absolute Gasteiger partial charge is 0.497 e. The van der Waals surface area contributed by atoms with Crippen LogP contribution >= 0.6 is 0 Å². The normalized spacial score (nSPS) is 21.2. The van der Waals surface area contributed by atoms with Gasteiger partial charge in [0.15, 0.2) is 0 Å². The minimum Gasteiger partial charge on any atom is -0.497 e. The van der Waals surface area contributed by atoms with E-state index in [4.69, 9.17) is 9.84 Å². The third kappa shape index (κ3) is 2.67. The molecule has 0 spiro atoms. The average Bonchev–Trinajstić information content (AvgIpc) is 2.46. The number of rotatable bonds is 4. The summed E-state index contributed by atoms with van der Waals surface area (Å²) in [4.78, 5) is 22.8. The summed E-state index contributed by atoms with van der Waals surface area (Å²) in [6.07, 6.45) is 2.97. The highest BCUT2D eigenvalue weighted by Gasteiger charge is 2.41. The Balaban J connectivity index is 2.56. The van der Waals surface area contributed by atoms with Gasteiger partial charge in [0.1, 0.15) is 5.75 Å². The lowest BCUT2D eigenvalue weighted by Gasteiger charge is -2.31. The minimum absolute atomic E-state index is 0.0549. The maximum absolute atomic E-state index is 11.7. The molecule has 5 nitrogen and oxygen atoms in total. The Kier molecular flexibility index (Phi) is 3.84. The van der Waals surface area contributed by atoms with Crippen molar-refractivity contribution in [3.63, 3.8) is 0 Å². The minimum atomic E-state index is -1.28. The van der Waals surface area contributed by atoms with E-state index >= 15 is 0 Å². The van der Waals surface area contributed by atoms with E-state index < -0.39 is 17.4 Å². The molecule has 110 valence electrons. The Morgan fingerprint density at radius 3 is 2.52 bits per heavy atom. The molecule has 0 radical (unpaired) electrons. The van der Waals surface area contributed by atoms with Crippen LogP contribution in [0.3, 0.4) is 0 Å². The molecule has 0 amide bonds. The topological polar surface area (TPSA) is 83.8 Å². The molecule has 1 aliphatic carbocycles. The summed E-state index contributed by atoms with van der Waals surface area (Å²) in [5.41, 5.74) is 0.0832. The van der Waals surface area contributed by atoms with Crippen molar-refractivity contribution in [2.24, 2.45) is 5.41 Å². The smallest absolute Gasteiger partial charge is 0.331 e. The van der Waals surface area contributed by atoms with Crippen molar-refractivity contribution in [1.82, 2.24) is 0 Å². The highest BCUT2D eigenvalue weighted by atomic mass is 16.5. The van der Waals surface area contributed by atoms with Gasteiger partial charge in [-0.05, 0) is 36.6 Å². The van der Waals surface area contributed by atoms with Gasteiger partial charge in [-0.25, -0.2) is 4.79 Å². The molecule has 1 aromatic rings. The Morgan fingerprint density at radius 2 is 1.95 bits per heavy atom. The van der Waals surface area contributed by atoms with E-state index in [9.17, 15) is 14.7 Å². The van der Waals surface area contributed by atoms with Gasteiger partial charge >= 0.3 is 11.9 Å². The highest BCUT2D eigenvalue weighted by Crippen LogP contribution is 2.44. The lowest BCUT2D eigenvalue weighted by atomic mass is 9.71. The van der Waals surface area contributed by atoms with Crippen LogP contribution in [0.25, 0.3) is 5.57 Å². The lowest BCUT2D eigenvalue weighted by molar-refractivity contribution is -0.144. The fourth-order valence-electron chi connectivity index (χ4n) is 2.45. The molecule has 1 atom stereocenters. The van der Waals surface area contributed by atoms with Crippen LogP contribution in [0, 0.1) is 5.41 Å². The van der Waals surface area contributed by atoms with E-state index in [2.05, 4.69) is 0 Å². The van der Waals surface area contributed by atoms with Crippen LogP contribution in [-0.4, -0.2) is 29.3 Å². The van der Waals surface area contributed by atoms with Crippen LogP contribution < -0.4 is 4.74 Å². The van der Waals surface area contributed by atoms with Crippen molar-refractivity contribution in [2.75, 3.05) is 7.11 Å². The SMILES string of the molecule is COc1cccc(C2=CC=C(C(=O)O)CC2(C)C(=O)O)c1. The van der Waals surface area contributed by atoms with E-state index in [0.29, 0.717) is 16.9 Å².